The third-order valence-corrected chi connectivity index (χ3v) is 5.86. The van der Waals surface area contributed by atoms with Crippen LogP contribution in [0.1, 0.15) is 18.1 Å². The number of carbonyl (C=O) groups excluding carboxylic acids is 1. The predicted molar refractivity (Wildman–Crippen MR) is 119 cm³/mol. The molecule has 1 aliphatic heterocycles. The highest BCUT2D eigenvalue weighted by atomic mass is 16.5. The van der Waals surface area contributed by atoms with Gasteiger partial charge in [-0.1, -0.05) is 42.5 Å². The Bertz CT molecular complexity index is 820. The van der Waals surface area contributed by atoms with E-state index in [2.05, 4.69) is 34.1 Å². The Morgan fingerprint density at radius 2 is 1.70 bits per heavy atom. The lowest BCUT2D eigenvalue weighted by atomic mass is 10.1. The molecule has 0 aromatic heterocycles. The van der Waals surface area contributed by atoms with Gasteiger partial charge in [-0.05, 0) is 25.6 Å². The predicted octanol–water partition coefficient (Wildman–Crippen LogP) is 2.87. The quantitative estimate of drug-likeness (QED) is 0.668. The highest BCUT2D eigenvalue weighted by Crippen LogP contribution is 2.31. The lowest BCUT2D eigenvalue weighted by Gasteiger charge is -2.37. The second-order valence-electron chi connectivity index (χ2n) is 7.83. The van der Waals surface area contributed by atoms with Gasteiger partial charge < -0.3 is 14.4 Å². The number of nitrogens with zero attached hydrogens (tertiary/aromatic N) is 3. The van der Waals surface area contributed by atoms with E-state index in [0.29, 0.717) is 12.3 Å². The summed E-state index contributed by atoms with van der Waals surface area (Å²) in [5.41, 5.74) is 2.32. The summed E-state index contributed by atoms with van der Waals surface area (Å²) < 4.78 is 10.9. The number of para-hydroxylation sites is 1. The van der Waals surface area contributed by atoms with Crippen molar-refractivity contribution >= 4 is 5.91 Å². The first kappa shape index (κ1) is 22.1. The number of ether oxygens (including phenoxy) is 2. The average Bonchev–Trinajstić information content (AvgIpc) is 2.79. The number of methoxy groups -OCH3 is 2. The van der Waals surface area contributed by atoms with Crippen molar-refractivity contribution in [1.29, 1.82) is 0 Å². The van der Waals surface area contributed by atoms with Crippen molar-refractivity contribution in [2.45, 2.75) is 26.1 Å². The molecular formula is C24H33N3O3. The van der Waals surface area contributed by atoms with Crippen LogP contribution in [0.4, 0.5) is 0 Å². The second kappa shape index (κ2) is 10.5. The summed E-state index contributed by atoms with van der Waals surface area (Å²) in [5.74, 6) is 1.61. The molecule has 0 saturated carbocycles. The van der Waals surface area contributed by atoms with E-state index in [1.54, 1.807) is 14.2 Å². The van der Waals surface area contributed by atoms with Gasteiger partial charge in [0.15, 0.2) is 11.5 Å². The maximum Gasteiger partial charge on any atom is 0.239 e. The van der Waals surface area contributed by atoms with Gasteiger partial charge in [-0.25, -0.2) is 0 Å². The zero-order valence-electron chi connectivity index (χ0n) is 18.5. The minimum atomic E-state index is -0.207. The second-order valence-corrected chi connectivity index (χ2v) is 7.83. The van der Waals surface area contributed by atoms with Gasteiger partial charge in [0, 0.05) is 44.8 Å². The highest BCUT2D eigenvalue weighted by Gasteiger charge is 2.27. The summed E-state index contributed by atoms with van der Waals surface area (Å²) in [6.07, 6.45) is 0. The van der Waals surface area contributed by atoms with Gasteiger partial charge in [0.2, 0.25) is 5.91 Å². The Labute approximate surface area is 180 Å². The number of hydrogen-bond acceptors (Lipinski definition) is 5. The van der Waals surface area contributed by atoms with E-state index in [9.17, 15) is 4.79 Å². The van der Waals surface area contributed by atoms with Gasteiger partial charge in [-0.2, -0.15) is 0 Å². The largest absolute Gasteiger partial charge is 0.493 e. The Balaban J connectivity index is 1.54. The van der Waals surface area contributed by atoms with E-state index in [1.165, 1.54) is 5.56 Å². The van der Waals surface area contributed by atoms with Crippen LogP contribution < -0.4 is 9.47 Å². The van der Waals surface area contributed by atoms with Crippen molar-refractivity contribution in [3.05, 3.63) is 59.7 Å². The van der Waals surface area contributed by atoms with Crippen LogP contribution >= 0.6 is 0 Å². The maximum atomic E-state index is 13.1. The Morgan fingerprint density at radius 3 is 2.33 bits per heavy atom. The lowest BCUT2D eigenvalue weighted by Crippen LogP contribution is -2.53. The topological polar surface area (TPSA) is 45.2 Å². The fourth-order valence-corrected chi connectivity index (χ4v) is 3.90. The van der Waals surface area contributed by atoms with Crippen molar-refractivity contribution < 1.29 is 14.3 Å². The number of carbonyl (C=O) groups is 1. The number of piperazine rings is 1. The SMILES string of the molecule is COc1cccc(CN(C)[C@@H](C)C(=O)N2CCN(Cc3ccccc3)CC2)c1OC. The third kappa shape index (κ3) is 5.32. The molecule has 1 heterocycles. The molecule has 1 fully saturated rings. The Kier molecular flexibility index (Phi) is 7.71. The van der Waals surface area contributed by atoms with Gasteiger partial charge in [-0.3, -0.25) is 14.6 Å². The van der Waals surface area contributed by atoms with Gasteiger partial charge in [0.05, 0.1) is 20.3 Å². The number of rotatable bonds is 8. The summed E-state index contributed by atoms with van der Waals surface area (Å²) in [5, 5.41) is 0. The first-order chi connectivity index (χ1) is 14.5. The van der Waals surface area contributed by atoms with E-state index in [1.807, 2.05) is 43.1 Å². The standard InChI is InChI=1S/C24H33N3O3/c1-19(25(2)18-21-11-8-12-22(29-3)23(21)30-4)24(28)27-15-13-26(14-16-27)17-20-9-6-5-7-10-20/h5-12,19H,13-18H2,1-4H3/t19-/m0/s1. The normalized spacial score (nSPS) is 15.8. The van der Waals surface area contributed by atoms with Crippen molar-refractivity contribution in [1.82, 2.24) is 14.7 Å². The monoisotopic (exact) mass is 411 g/mol. The van der Waals surface area contributed by atoms with Crippen LogP contribution in [0.3, 0.4) is 0 Å². The molecule has 2 aromatic carbocycles. The van der Waals surface area contributed by atoms with Gasteiger partial charge in [0.25, 0.3) is 0 Å². The van der Waals surface area contributed by atoms with Crippen molar-refractivity contribution in [3.63, 3.8) is 0 Å². The molecule has 1 amide bonds. The fraction of sp³-hybridized carbons (Fsp3) is 0.458. The number of amides is 1. The van der Waals surface area contributed by atoms with Gasteiger partial charge in [-0.15, -0.1) is 0 Å². The zero-order valence-corrected chi connectivity index (χ0v) is 18.5. The zero-order chi connectivity index (χ0) is 21.5. The van der Waals surface area contributed by atoms with Crippen molar-refractivity contribution in [2.24, 2.45) is 0 Å². The highest BCUT2D eigenvalue weighted by molar-refractivity contribution is 5.81. The summed E-state index contributed by atoms with van der Waals surface area (Å²) in [6, 6.07) is 16.1. The average molecular weight is 412 g/mol. The van der Waals surface area contributed by atoms with Crippen LogP contribution in [0.25, 0.3) is 0 Å². The summed E-state index contributed by atoms with van der Waals surface area (Å²) in [6.45, 7) is 6.88. The summed E-state index contributed by atoms with van der Waals surface area (Å²) >= 11 is 0. The molecule has 30 heavy (non-hydrogen) atoms. The number of benzene rings is 2. The molecule has 6 nitrogen and oxygen atoms in total. The molecule has 6 heteroatoms. The number of likely N-dealkylation sites (N-methyl/N-ethyl adjacent to an activating group) is 1. The van der Waals surface area contributed by atoms with Crippen LogP contribution in [0.2, 0.25) is 0 Å². The van der Waals surface area contributed by atoms with Crippen molar-refractivity contribution in [3.8, 4) is 11.5 Å². The molecule has 0 N–H and O–H groups in total. The van der Waals surface area contributed by atoms with Gasteiger partial charge in [0.1, 0.15) is 0 Å². The number of hydrogen-bond donors (Lipinski definition) is 0. The molecule has 0 spiro atoms. The molecule has 0 bridgehead atoms. The fourth-order valence-electron chi connectivity index (χ4n) is 3.90. The minimum Gasteiger partial charge on any atom is -0.493 e. The lowest BCUT2D eigenvalue weighted by molar-refractivity contribution is -0.138. The van der Waals surface area contributed by atoms with Crippen LogP contribution in [-0.4, -0.2) is 74.1 Å². The van der Waals surface area contributed by atoms with Crippen molar-refractivity contribution in [2.75, 3.05) is 47.4 Å². The van der Waals surface area contributed by atoms with Crippen LogP contribution in [0, 0.1) is 0 Å². The van der Waals surface area contributed by atoms with E-state index >= 15 is 0 Å². The van der Waals surface area contributed by atoms with Crippen LogP contribution in [0.5, 0.6) is 11.5 Å². The molecule has 1 saturated heterocycles. The summed E-state index contributed by atoms with van der Waals surface area (Å²) in [7, 11) is 5.26. The van der Waals surface area contributed by atoms with E-state index in [0.717, 1.165) is 44.0 Å². The van der Waals surface area contributed by atoms with Crippen LogP contribution in [-0.2, 0) is 17.9 Å². The molecule has 0 aliphatic carbocycles. The third-order valence-electron chi connectivity index (χ3n) is 5.86. The molecule has 3 rings (SSSR count). The molecule has 1 aliphatic rings. The molecule has 1 atom stereocenters. The van der Waals surface area contributed by atoms with Gasteiger partial charge >= 0.3 is 0 Å². The Morgan fingerprint density at radius 1 is 1.00 bits per heavy atom. The first-order valence-corrected chi connectivity index (χ1v) is 10.5. The van der Waals surface area contributed by atoms with E-state index < -0.39 is 0 Å². The minimum absolute atomic E-state index is 0.179. The molecule has 0 unspecified atom stereocenters. The first-order valence-electron chi connectivity index (χ1n) is 10.5. The van der Waals surface area contributed by atoms with E-state index in [-0.39, 0.29) is 11.9 Å². The molecule has 0 radical (unpaired) electrons. The molecule has 162 valence electrons. The van der Waals surface area contributed by atoms with E-state index in [4.69, 9.17) is 9.47 Å². The molecule has 2 aromatic rings. The maximum absolute atomic E-state index is 13.1. The Hall–Kier alpha value is -2.57. The smallest absolute Gasteiger partial charge is 0.239 e. The summed E-state index contributed by atoms with van der Waals surface area (Å²) in [4.78, 5) is 19.6. The molecular weight excluding hydrogens is 378 g/mol. The van der Waals surface area contributed by atoms with Crippen LogP contribution in [0.15, 0.2) is 48.5 Å².